The van der Waals surface area contributed by atoms with Crippen LogP contribution in [0.25, 0.3) is 111 Å². The van der Waals surface area contributed by atoms with Crippen LogP contribution < -0.4 is 0 Å². The standard InChI is InChI=1S/C64H34F3N7/c65-64(66,67)55-3-1-4-60(73-56-26-22-47(43-14-6-39(35-68)7-15-43)31-51(56)52-32-48(23-27-57(52)73)44-16-8-40(36-69)9-17-44)62(55)63-61(5-2-30-72-63)74-58-28-24-49(45-18-10-41(37-70)11-19-45)33-53(58)54-34-50(25-29-59(54)74)46-20-12-42(38-71)13-21-46/h1-34H. The first-order chi connectivity index (χ1) is 36.1. The molecule has 3 heterocycles. The average molecular weight is 958 g/mol. The molecule has 0 aliphatic carbocycles. The van der Waals surface area contributed by atoms with Crippen molar-refractivity contribution < 1.29 is 13.2 Å². The fourth-order valence-electron chi connectivity index (χ4n) is 10.2. The van der Waals surface area contributed by atoms with Crippen molar-refractivity contribution in [3.8, 4) is 91.4 Å². The van der Waals surface area contributed by atoms with Gasteiger partial charge in [0, 0.05) is 33.3 Å². The number of hydrogen-bond acceptors (Lipinski definition) is 5. The molecule has 0 radical (unpaired) electrons. The number of pyridine rings is 1. The molecule has 0 saturated heterocycles. The van der Waals surface area contributed by atoms with Gasteiger partial charge in [0.25, 0.3) is 0 Å². The van der Waals surface area contributed by atoms with Crippen molar-refractivity contribution in [3.63, 3.8) is 0 Å². The van der Waals surface area contributed by atoms with Gasteiger partial charge in [0.05, 0.1) is 91.2 Å². The minimum Gasteiger partial charge on any atom is -0.309 e. The highest BCUT2D eigenvalue weighted by molar-refractivity contribution is 6.14. The lowest BCUT2D eigenvalue weighted by molar-refractivity contribution is -0.137. The maximum absolute atomic E-state index is 15.9. The van der Waals surface area contributed by atoms with Crippen molar-refractivity contribution in [2.75, 3.05) is 0 Å². The lowest BCUT2D eigenvalue weighted by Crippen LogP contribution is -2.12. The molecule has 7 nitrogen and oxygen atoms in total. The van der Waals surface area contributed by atoms with Crippen molar-refractivity contribution in [3.05, 3.63) is 234 Å². The molecular formula is C64H34F3N7. The van der Waals surface area contributed by atoms with Crippen LogP contribution in [0.2, 0.25) is 0 Å². The van der Waals surface area contributed by atoms with Crippen molar-refractivity contribution >= 4 is 43.6 Å². The van der Waals surface area contributed by atoms with Crippen molar-refractivity contribution in [2.24, 2.45) is 0 Å². The lowest BCUT2D eigenvalue weighted by atomic mass is 9.98. The highest BCUT2D eigenvalue weighted by atomic mass is 19.4. The fraction of sp³-hybridized carbons (Fsp3) is 0.0156. The van der Waals surface area contributed by atoms with E-state index in [-0.39, 0.29) is 16.9 Å². The monoisotopic (exact) mass is 957 g/mol. The van der Waals surface area contributed by atoms with Gasteiger partial charge in [0.1, 0.15) is 0 Å². The molecule has 0 amide bonds. The first-order valence-corrected chi connectivity index (χ1v) is 23.5. The summed E-state index contributed by atoms with van der Waals surface area (Å²) in [5, 5.41) is 41.4. The Bertz CT molecular complexity index is 4190. The van der Waals surface area contributed by atoms with Crippen LogP contribution in [0.5, 0.6) is 0 Å². The van der Waals surface area contributed by atoms with Crippen LogP contribution in [0.4, 0.5) is 13.2 Å². The second-order valence-electron chi connectivity index (χ2n) is 17.9. The Labute approximate surface area is 422 Å². The maximum atomic E-state index is 15.9. The van der Waals surface area contributed by atoms with Crippen molar-refractivity contribution in [2.45, 2.75) is 6.18 Å². The zero-order chi connectivity index (χ0) is 50.7. The third-order valence-electron chi connectivity index (χ3n) is 13.8. The molecule has 0 unspecified atom stereocenters. The summed E-state index contributed by atoms with van der Waals surface area (Å²) in [6, 6.07) is 69.5. The molecule has 346 valence electrons. The SMILES string of the molecule is N#Cc1ccc(-c2ccc3c(c2)c2cc(-c4ccc(C#N)cc4)ccc2n3-c2cccnc2-c2c(-n3c4ccc(-c5ccc(C#N)cc5)cc4c4cc(-c5ccc(C#N)cc5)ccc43)cccc2C(F)(F)F)cc1. The van der Waals surface area contributed by atoms with Crippen LogP contribution in [-0.4, -0.2) is 14.1 Å². The van der Waals surface area contributed by atoms with E-state index in [1.54, 1.807) is 66.7 Å². The molecule has 0 saturated carbocycles. The van der Waals surface area contributed by atoms with E-state index in [0.717, 1.165) is 83.2 Å². The summed E-state index contributed by atoms with van der Waals surface area (Å²) in [7, 11) is 0. The molecule has 3 aromatic heterocycles. The molecule has 9 aromatic carbocycles. The minimum atomic E-state index is -4.81. The predicted octanol–water partition coefficient (Wildman–Crippen LogP) is 16.1. The number of rotatable bonds is 7. The van der Waals surface area contributed by atoms with Gasteiger partial charge in [0.15, 0.2) is 0 Å². The lowest BCUT2D eigenvalue weighted by Gasteiger charge is -2.21. The Morgan fingerprint density at radius 3 is 0.986 bits per heavy atom. The molecule has 0 aliphatic rings. The van der Waals surface area contributed by atoms with Crippen LogP contribution in [0.15, 0.2) is 206 Å². The molecule has 0 aliphatic heterocycles. The summed E-state index contributed by atoms with van der Waals surface area (Å²) in [5.74, 6) is 0. The summed E-state index contributed by atoms with van der Waals surface area (Å²) >= 11 is 0. The molecule has 74 heavy (non-hydrogen) atoms. The largest absolute Gasteiger partial charge is 0.417 e. The first-order valence-electron chi connectivity index (χ1n) is 23.5. The van der Waals surface area contributed by atoms with Gasteiger partial charge in [-0.3, -0.25) is 4.98 Å². The smallest absolute Gasteiger partial charge is 0.309 e. The predicted molar refractivity (Wildman–Crippen MR) is 284 cm³/mol. The van der Waals surface area contributed by atoms with E-state index in [4.69, 9.17) is 4.98 Å². The Hall–Kier alpha value is -10.5. The van der Waals surface area contributed by atoms with E-state index >= 15 is 13.2 Å². The van der Waals surface area contributed by atoms with Gasteiger partial charge in [-0.2, -0.15) is 34.2 Å². The Morgan fingerprint density at radius 1 is 0.351 bits per heavy atom. The molecule has 0 bridgehead atoms. The summed E-state index contributed by atoms with van der Waals surface area (Å²) in [6.45, 7) is 0. The molecule has 0 fully saturated rings. The normalized spacial score (nSPS) is 11.4. The molecule has 12 aromatic rings. The number of nitrogens with zero attached hydrogens (tertiary/aromatic N) is 7. The Kier molecular flexibility index (Phi) is 10.7. The number of halogens is 3. The number of hydrogen-bond donors (Lipinski definition) is 0. The summed E-state index contributed by atoms with van der Waals surface area (Å²) in [4.78, 5) is 4.89. The van der Waals surface area contributed by atoms with Crippen LogP contribution in [0.1, 0.15) is 27.8 Å². The second-order valence-corrected chi connectivity index (χ2v) is 17.9. The van der Waals surface area contributed by atoms with E-state index in [1.165, 1.54) is 12.3 Å². The number of aromatic nitrogens is 3. The van der Waals surface area contributed by atoms with Crippen LogP contribution in [-0.2, 0) is 6.18 Å². The number of fused-ring (bicyclic) bond motifs is 6. The quantitative estimate of drug-likeness (QED) is 0.158. The summed E-state index contributed by atoms with van der Waals surface area (Å²) in [6.07, 6.45) is -3.29. The van der Waals surface area contributed by atoms with E-state index in [2.05, 4.69) is 36.4 Å². The molecule has 12 rings (SSSR count). The second kappa shape index (κ2) is 17.7. The molecule has 0 spiro atoms. The number of benzene rings is 9. The number of nitriles is 4. The zero-order valence-electron chi connectivity index (χ0n) is 38.9. The van der Waals surface area contributed by atoms with E-state index < -0.39 is 11.7 Å². The zero-order valence-corrected chi connectivity index (χ0v) is 38.9. The average Bonchev–Trinajstić information content (AvgIpc) is 3.96. The summed E-state index contributed by atoms with van der Waals surface area (Å²) < 4.78 is 51.7. The van der Waals surface area contributed by atoms with Gasteiger partial charge in [-0.1, -0.05) is 78.9 Å². The van der Waals surface area contributed by atoms with Gasteiger partial charge in [0.2, 0.25) is 0 Å². The van der Waals surface area contributed by atoms with Crippen molar-refractivity contribution in [1.29, 1.82) is 21.0 Å². The van der Waals surface area contributed by atoms with Gasteiger partial charge >= 0.3 is 6.18 Å². The number of alkyl halides is 3. The highest BCUT2D eigenvalue weighted by Crippen LogP contribution is 2.47. The van der Waals surface area contributed by atoms with Crippen molar-refractivity contribution in [1.82, 2.24) is 14.1 Å². The van der Waals surface area contributed by atoms with Gasteiger partial charge < -0.3 is 9.13 Å². The van der Waals surface area contributed by atoms with Crippen LogP contribution >= 0.6 is 0 Å². The van der Waals surface area contributed by atoms with Gasteiger partial charge in [-0.25, -0.2) is 0 Å². The fourth-order valence-corrected chi connectivity index (χ4v) is 10.2. The molecule has 10 heteroatoms. The van der Waals surface area contributed by atoms with Gasteiger partial charge in [-0.15, -0.1) is 0 Å². The minimum absolute atomic E-state index is 0.111. The third kappa shape index (κ3) is 7.56. The Balaban J connectivity index is 1.12. The van der Waals surface area contributed by atoms with E-state index in [0.29, 0.717) is 39.0 Å². The highest BCUT2D eigenvalue weighted by Gasteiger charge is 2.37. The summed E-state index contributed by atoms with van der Waals surface area (Å²) in [5.41, 5.74) is 11.7. The molecule has 0 atom stereocenters. The molecule has 0 N–H and O–H groups in total. The third-order valence-corrected chi connectivity index (χ3v) is 13.8. The topological polar surface area (TPSA) is 118 Å². The van der Waals surface area contributed by atoms with E-state index in [1.807, 2.05) is 118 Å². The maximum Gasteiger partial charge on any atom is 0.417 e. The van der Waals surface area contributed by atoms with E-state index in [9.17, 15) is 21.0 Å². The van der Waals surface area contributed by atoms with Crippen LogP contribution in [0, 0.1) is 45.3 Å². The van der Waals surface area contributed by atoms with Crippen LogP contribution in [0.3, 0.4) is 0 Å². The first kappa shape index (κ1) is 44.7. The molecular weight excluding hydrogens is 924 g/mol. The van der Waals surface area contributed by atoms with Gasteiger partial charge in [-0.05, 0) is 166 Å². The Morgan fingerprint density at radius 2 is 0.662 bits per heavy atom.